The molecule has 0 N–H and O–H groups in total. The van der Waals surface area contributed by atoms with Crippen LogP contribution in [0.4, 0.5) is 13.2 Å². The molecule has 152 valence electrons. The number of fused-ring (bicyclic) bond motifs is 1. The molecule has 0 radical (unpaired) electrons. The zero-order chi connectivity index (χ0) is 21.0. The zero-order valence-electron chi connectivity index (χ0n) is 16.1. The van der Waals surface area contributed by atoms with E-state index in [0.717, 1.165) is 18.1 Å². The van der Waals surface area contributed by atoms with Gasteiger partial charge in [-0.1, -0.05) is 19.9 Å². The lowest BCUT2D eigenvalue weighted by molar-refractivity contribution is 0.140. The van der Waals surface area contributed by atoms with E-state index in [4.69, 9.17) is 0 Å². The maximum atomic E-state index is 14.2. The topological polar surface area (TPSA) is 73.3 Å². The van der Waals surface area contributed by atoms with Gasteiger partial charge in [-0.05, 0) is 25.5 Å². The zero-order valence-corrected chi connectivity index (χ0v) is 16.1. The van der Waals surface area contributed by atoms with Crippen LogP contribution < -0.4 is 0 Å². The molecule has 0 saturated carbocycles. The van der Waals surface area contributed by atoms with Gasteiger partial charge in [0.05, 0.1) is 11.4 Å². The number of hydrogen-bond donors (Lipinski definition) is 0. The van der Waals surface area contributed by atoms with E-state index in [1.54, 1.807) is 13.0 Å². The molecule has 3 aromatic rings. The number of rotatable bonds is 8. The fourth-order valence-electron chi connectivity index (χ4n) is 2.97. The third-order valence-corrected chi connectivity index (χ3v) is 4.20. The summed E-state index contributed by atoms with van der Waals surface area (Å²) < 4.78 is 42.9. The Morgan fingerprint density at radius 3 is 2.83 bits per heavy atom. The van der Waals surface area contributed by atoms with Crippen molar-refractivity contribution in [3.05, 3.63) is 59.8 Å². The van der Waals surface area contributed by atoms with Crippen molar-refractivity contribution in [3.8, 4) is 0 Å². The van der Waals surface area contributed by atoms with Crippen LogP contribution in [0.5, 0.6) is 0 Å². The Kier molecular flexibility index (Phi) is 6.20. The summed E-state index contributed by atoms with van der Waals surface area (Å²) in [5, 5.41) is 7.95. The molecular weight excluding hydrogens is 383 g/mol. The summed E-state index contributed by atoms with van der Waals surface area (Å²) >= 11 is 0. The highest BCUT2D eigenvalue weighted by molar-refractivity contribution is 5.65. The monoisotopic (exact) mass is 403 g/mol. The highest BCUT2D eigenvalue weighted by atomic mass is 19.3. The van der Waals surface area contributed by atoms with Crippen molar-refractivity contribution in [2.24, 2.45) is 4.99 Å². The molecule has 0 bridgehead atoms. The minimum absolute atomic E-state index is 0.00286. The fourth-order valence-corrected chi connectivity index (χ4v) is 2.97. The highest BCUT2D eigenvalue weighted by Gasteiger charge is 2.20. The van der Waals surface area contributed by atoms with Crippen molar-refractivity contribution in [2.75, 3.05) is 0 Å². The molecule has 0 spiro atoms. The van der Waals surface area contributed by atoms with Gasteiger partial charge in [-0.2, -0.15) is 5.10 Å². The van der Waals surface area contributed by atoms with E-state index < -0.39 is 18.1 Å². The van der Waals surface area contributed by atoms with E-state index >= 15 is 0 Å². The lowest BCUT2D eigenvalue weighted by atomic mass is 10.1. The molecular formula is C19H20F3N7. The summed E-state index contributed by atoms with van der Waals surface area (Å²) in [6.45, 7) is 7.07. The van der Waals surface area contributed by atoms with Crippen molar-refractivity contribution in [2.45, 2.75) is 39.5 Å². The maximum absolute atomic E-state index is 14.2. The molecule has 0 aromatic carbocycles. The van der Waals surface area contributed by atoms with Gasteiger partial charge >= 0.3 is 0 Å². The van der Waals surface area contributed by atoms with Crippen molar-refractivity contribution in [1.29, 1.82) is 0 Å². The molecule has 29 heavy (non-hydrogen) atoms. The van der Waals surface area contributed by atoms with Crippen LogP contribution in [0.3, 0.4) is 0 Å². The average Bonchev–Trinajstić information content (AvgIpc) is 3.34. The molecule has 7 nitrogen and oxygen atoms in total. The lowest BCUT2D eigenvalue weighted by Gasteiger charge is -2.11. The standard InChI is InChI=1S/C19H20F3N7/c1-4-7-13-15(24-11-28-18(13)26-17(27-28)16(21)22)10-12-8-9-25-29(12)19(23-6-3)14(20)5-2/h5-6,8-9,11,16H,2,4,7,10H2,1,3H3/b19-14-,23-6-. The van der Waals surface area contributed by atoms with Gasteiger partial charge in [0.25, 0.3) is 6.43 Å². The van der Waals surface area contributed by atoms with Crippen LogP contribution >= 0.6 is 0 Å². The van der Waals surface area contributed by atoms with Crippen LogP contribution in [-0.2, 0) is 12.8 Å². The summed E-state index contributed by atoms with van der Waals surface area (Å²) in [6, 6.07) is 1.72. The lowest BCUT2D eigenvalue weighted by Crippen LogP contribution is -2.09. The smallest absolute Gasteiger partial charge is 0.240 e. The Morgan fingerprint density at radius 1 is 1.38 bits per heavy atom. The normalized spacial score (nSPS) is 12.9. The SMILES string of the molecule is C=C/C(F)=C(\N=C/C)n1nccc1Cc1ncn2nc(C(F)F)nc2c1CCC. The molecule has 3 aromatic heterocycles. The summed E-state index contributed by atoms with van der Waals surface area (Å²) in [7, 11) is 0. The van der Waals surface area contributed by atoms with Crippen LogP contribution in [0.15, 0.2) is 42.1 Å². The van der Waals surface area contributed by atoms with Gasteiger partial charge in [0.15, 0.2) is 17.3 Å². The Balaban J connectivity index is 2.09. The van der Waals surface area contributed by atoms with Crippen molar-refractivity contribution in [1.82, 2.24) is 29.4 Å². The van der Waals surface area contributed by atoms with Crippen molar-refractivity contribution in [3.63, 3.8) is 0 Å². The molecule has 10 heteroatoms. The number of alkyl halides is 2. The maximum Gasteiger partial charge on any atom is 0.299 e. The summed E-state index contributed by atoms with van der Waals surface area (Å²) in [5.74, 6) is -1.16. The molecule has 0 aliphatic heterocycles. The van der Waals surface area contributed by atoms with Crippen molar-refractivity contribution < 1.29 is 13.2 Å². The molecule has 3 rings (SSSR count). The Hall–Kier alpha value is -3.30. The Labute approximate surface area is 165 Å². The van der Waals surface area contributed by atoms with E-state index in [1.165, 1.54) is 27.9 Å². The molecule has 0 fully saturated rings. The van der Waals surface area contributed by atoms with E-state index in [1.807, 2.05) is 6.92 Å². The van der Waals surface area contributed by atoms with Crippen LogP contribution in [-0.4, -0.2) is 35.6 Å². The number of aliphatic imine (C=N–C) groups is 1. The first-order valence-electron chi connectivity index (χ1n) is 9.05. The molecule has 0 amide bonds. The van der Waals surface area contributed by atoms with Crippen LogP contribution in [0, 0.1) is 0 Å². The second-order valence-corrected chi connectivity index (χ2v) is 6.13. The first-order chi connectivity index (χ1) is 14.0. The number of allylic oxidation sites excluding steroid dienone is 2. The molecule has 0 atom stereocenters. The third-order valence-electron chi connectivity index (χ3n) is 4.20. The molecule has 0 aliphatic rings. The number of nitrogens with zero attached hydrogens (tertiary/aromatic N) is 7. The van der Waals surface area contributed by atoms with E-state index in [0.29, 0.717) is 23.5 Å². The van der Waals surface area contributed by atoms with Crippen molar-refractivity contribution >= 4 is 17.7 Å². The van der Waals surface area contributed by atoms with E-state index in [9.17, 15) is 13.2 Å². The second kappa shape index (κ2) is 8.80. The minimum atomic E-state index is -2.77. The number of halogens is 3. The average molecular weight is 403 g/mol. The van der Waals surface area contributed by atoms with E-state index in [2.05, 4.69) is 31.7 Å². The first-order valence-corrected chi connectivity index (χ1v) is 9.05. The molecule has 3 heterocycles. The highest BCUT2D eigenvalue weighted by Crippen LogP contribution is 2.23. The summed E-state index contributed by atoms with van der Waals surface area (Å²) in [5.41, 5.74) is 2.33. The van der Waals surface area contributed by atoms with Gasteiger partial charge in [0, 0.05) is 24.4 Å². The fraction of sp³-hybridized carbons (Fsp3) is 0.316. The van der Waals surface area contributed by atoms with E-state index in [-0.39, 0.29) is 12.2 Å². The summed E-state index contributed by atoms with van der Waals surface area (Å²) in [6.07, 6.45) is 4.27. The number of aryl methyl sites for hydroxylation is 1. The van der Waals surface area contributed by atoms with Gasteiger partial charge in [0.1, 0.15) is 6.33 Å². The van der Waals surface area contributed by atoms with Crippen LogP contribution in [0.2, 0.25) is 0 Å². The largest absolute Gasteiger partial charge is 0.299 e. The van der Waals surface area contributed by atoms with Gasteiger partial charge in [-0.15, -0.1) is 5.10 Å². The molecule has 0 saturated heterocycles. The Morgan fingerprint density at radius 2 is 2.17 bits per heavy atom. The van der Waals surface area contributed by atoms with Gasteiger partial charge in [-0.25, -0.2) is 37.3 Å². The third kappa shape index (κ3) is 4.10. The predicted molar refractivity (Wildman–Crippen MR) is 103 cm³/mol. The molecule has 0 unspecified atom stereocenters. The molecule has 0 aliphatic carbocycles. The number of aromatic nitrogens is 6. The minimum Gasteiger partial charge on any atom is -0.240 e. The second-order valence-electron chi connectivity index (χ2n) is 6.13. The number of hydrogen-bond acceptors (Lipinski definition) is 5. The van der Waals surface area contributed by atoms with Crippen LogP contribution in [0.25, 0.3) is 11.5 Å². The van der Waals surface area contributed by atoms with Gasteiger partial charge < -0.3 is 0 Å². The van der Waals surface area contributed by atoms with Gasteiger partial charge in [-0.3, -0.25) is 0 Å². The first kappa shape index (κ1) is 20.4. The Bertz CT molecular complexity index is 1080. The quantitative estimate of drug-likeness (QED) is 0.418. The summed E-state index contributed by atoms with van der Waals surface area (Å²) in [4.78, 5) is 12.4. The van der Waals surface area contributed by atoms with Crippen LogP contribution in [0.1, 0.15) is 49.5 Å². The predicted octanol–water partition coefficient (Wildman–Crippen LogP) is 4.17. The van der Waals surface area contributed by atoms with Gasteiger partial charge in [0.2, 0.25) is 5.82 Å².